The largest absolute Gasteiger partial charge is 0.494 e. The van der Waals surface area contributed by atoms with E-state index in [-0.39, 0.29) is 5.91 Å². The van der Waals surface area contributed by atoms with Crippen molar-refractivity contribution in [2.45, 2.75) is 5.92 Å². The van der Waals surface area contributed by atoms with Crippen LogP contribution in [0, 0.1) is 0 Å². The van der Waals surface area contributed by atoms with E-state index in [1.165, 1.54) is 11.3 Å². The van der Waals surface area contributed by atoms with Crippen molar-refractivity contribution >= 4 is 32.6 Å². The molecule has 4 rings (SSSR count). The molecule has 0 bridgehead atoms. The highest BCUT2D eigenvalue weighted by Crippen LogP contribution is 2.33. The smallest absolute Gasteiger partial charge is 0.238 e. The van der Waals surface area contributed by atoms with Crippen molar-refractivity contribution in [3.8, 4) is 5.75 Å². The van der Waals surface area contributed by atoms with Crippen molar-refractivity contribution in [2.24, 2.45) is 0 Å². The summed E-state index contributed by atoms with van der Waals surface area (Å²) in [6.07, 6.45) is 0. The van der Waals surface area contributed by atoms with E-state index in [1.807, 2.05) is 78.9 Å². The SMILES string of the molecule is COc1cccc2sc(NC(=O)C(c3ccccc3)c3ccccc3)nc12. The van der Waals surface area contributed by atoms with E-state index in [2.05, 4.69) is 10.3 Å². The molecule has 0 radical (unpaired) electrons. The Morgan fingerprint density at radius 3 is 2.15 bits per heavy atom. The molecular weight excluding hydrogens is 356 g/mol. The summed E-state index contributed by atoms with van der Waals surface area (Å²) in [4.78, 5) is 17.7. The quantitative estimate of drug-likeness (QED) is 0.530. The van der Waals surface area contributed by atoms with Crippen LogP contribution in [-0.4, -0.2) is 18.0 Å². The van der Waals surface area contributed by atoms with Gasteiger partial charge in [0.05, 0.1) is 17.7 Å². The summed E-state index contributed by atoms with van der Waals surface area (Å²) in [6.45, 7) is 0. The first-order valence-corrected chi connectivity index (χ1v) is 9.42. The Hall–Kier alpha value is -3.18. The molecule has 27 heavy (non-hydrogen) atoms. The van der Waals surface area contributed by atoms with Crippen molar-refractivity contribution in [3.63, 3.8) is 0 Å². The van der Waals surface area contributed by atoms with Crippen molar-refractivity contribution in [3.05, 3.63) is 90.0 Å². The Bertz CT molecular complexity index is 1020. The van der Waals surface area contributed by atoms with Gasteiger partial charge in [0.15, 0.2) is 5.13 Å². The fourth-order valence-corrected chi connectivity index (χ4v) is 3.99. The average molecular weight is 374 g/mol. The number of amides is 1. The molecule has 0 fully saturated rings. The molecule has 1 heterocycles. The van der Waals surface area contributed by atoms with Gasteiger partial charge in [-0.2, -0.15) is 0 Å². The molecule has 0 aliphatic heterocycles. The molecular formula is C22H18N2O2S. The molecule has 134 valence electrons. The molecule has 1 amide bonds. The van der Waals surface area contributed by atoms with Crippen LogP contribution in [0.4, 0.5) is 5.13 Å². The fourth-order valence-electron chi connectivity index (χ4n) is 3.11. The number of aromatic nitrogens is 1. The lowest BCUT2D eigenvalue weighted by Crippen LogP contribution is -2.22. The number of carbonyl (C=O) groups excluding carboxylic acids is 1. The summed E-state index contributed by atoms with van der Waals surface area (Å²) in [6, 6.07) is 25.3. The Kier molecular flexibility index (Phi) is 4.85. The van der Waals surface area contributed by atoms with Crippen LogP contribution in [0.1, 0.15) is 17.0 Å². The van der Waals surface area contributed by atoms with Crippen LogP contribution in [0.25, 0.3) is 10.2 Å². The van der Waals surface area contributed by atoms with E-state index in [0.717, 1.165) is 21.3 Å². The van der Waals surface area contributed by atoms with Gasteiger partial charge < -0.3 is 10.1 Å². The Morgan fingerprint density at radius 2 is 1.56 bits per heavy atom. The number of para-hydroxylation sites is 1. The topological polar surface area (TPSA) is 51.2 Å². The van der Waals surface area contributed by atoms with Crippen LogP contribution in [-0.2, 0) is 4.79 Å². The van der Waals surface area contributed by atoms with Crippen molar-refractivity contribution in [1.82, 2.24) is 4.98 Å². The first-order valence-electron chi connectivity index (χ1n) is 8.60. The third-order valence-corrected chi connectivity index (χ3v) is 5.30. The molecule has 0 aliphatic rings. The zero-order valence-corrected chi connectivity index (χ0v) is 15.6. The maximum absolute atomic E-state index is 13.2. The summed E-state index contributed by atoms with van der Waals surface area (Å²) < 4.78 is 6.34. The van der Waals surface area contributed by atoms with Gasteiger partial charge in [-0.25, -0.2) is 4.98 Å². The van der Waals surface area contributed by atoms with Gasteiger partial charge in [-0.15, -0.1) is 0 Å². The second-order valence-corrected chi connectivity index (χ2v) is 7.10. The maximum Gasteiger partial charge on any atom is 0.238 e. The van der Waals surface area contributed by atoms with Gasteiger partial charge >= 0.3 is 0 Å². The minimum absolute atomic E-state index is 0.106. The predicted molar refractivity (Wildman–Crippen MR) is 110 cm³/mol. The second kappa shape index (κ2) is 7.60. The number of thiazole rings is 1. The summed E-state index contributed by atoms with van der Waals surface area (Å²) in [7, 11) is 1.62. The number of hydrogen-bond acceptors (Lipinski definition) is 4. The molecule has 0 unspecified atom stereocenters. The molecule has 0 saturated heterocycles. The van der Waals surface area contributed by atoms with Gasteiger partial charge in [-0.1, -0.05) is 78.1 Å². The zero-order valence-electron chi connectivity index (χ0n) is 14.8. The van der Waals surface area contributed by atoms with Crippen LogP contribution in [0.15, 0.2) is 78.9 Å². The minimum Gasteiger partial charge on any atom is -0.494 e. The maximum atomic E-state index is 13.2. The normalized spacial score (nSPS) is 10.9. The highest BCUT2D eigenvalue weighted by molar-refractivity contribution is 7.22. The number of fused-ring (bicyclic) bond motifs is 1. The summed E-state index contributed by atoms with van der Waals surface area (Å²) in [5, 5.41) is 3.56. The Balaban J connectivity index is 1.68. The van der Waals surface area contributed by atoms with Gasteiger partial charge in [-0.3, -0.25) is 4.79 Å². The van der Waals surface area contributed by atoms with Gasteiger partial charge in [0.25, 0.3) is 0 Å². The second-order valence-electron chi connectivity index (χ2n) is 6.07. The number of hydrogen-bond donors (Lipinski definition) is 1. The summed E-state index contributed by atoms with van der Waals surface area (Å²) in [5.41, 5.74) is 2.65. The lowest BCUT2D eigenvalue weighted by Gasteiger charge is -2.16. The molecule has 0 aliphatic carbocycles. The highest BCUT2D eigenvalue weighted by atomic mass is 32.1. The molecule has 0 saturated carbocycles. The molecule has 5 heteroatoms. The number of nitrogens with one attached hydrogen (secondary N) is 1. The van der Waals surface area contributed by atoms with Gasteiger partial charge in [0.1, 0.15) is 11.3 Å². The predicted octanol–water partition coefficient (Wildman–Crippen LogP) is 5.08. The van der Waals surface area contributed by atoms with Gasteiger partial charge in [0, 0.05) is 0 Å². The third-order valence-electron chi connectivity index (χ3n) is 4.36. The number of anilines is 1. The van der Waals surface area contributed by atoms with E-state index in [0.29, 0.717) is 10.9 Å². The van der Waals surface area contributed by atoms with E-state index in [4.69, 9.17) is 4.74 Å². The first-order chi connectivity index (χ1) is 13.3. The number of methoxy groups -OCH3 is 1. The molecule has 4 aromatic rings. The van der Waals surface area contributed by atoms with Crippen LogP contribution in [0.5, 0.6) is 5.75 Å². The van der Waals surface area contributed by atoms with Crippen LogP contribution < -0.4 is 10.1 Å². The zero-order chi connectivity index (χ0) is 18.6. The Morgan fingerprint density at radius 1 is 0.926 bits per heavy atom. The summed E-state index contributed by atoms with van der Waals surface area (Å²) in [5.74, 6) is 0.193. The van der Waals surface area contributed by atoms with E-state index in [1.54, 1.807) is 7.11 Å². The van der Waals surface area contributed by atoms with Crippen LogP contribution in [0.3, 0.4) is 0 Å². The van der Waals surface area contributed by atoms with Crippen molar-refractivity contribution < 1.29 is 9.53 Å². The van der Waals surface area contributed by atoms with Crippen molar-refractivity contribution in [2.75, 3.05) is 12.4 Å². The molecule has 1 aromatic heterocycles. The standard InChI is InChI=1S/C22H18N2O2S/c1-26-17-13-8-14-18-20(17)23-22(27-18)24-21(25)19(15-9-4-2-5-10-15)16-11-6-3-7-12-16/h2-14,19H,1H3,(H,23,24,25). The lowest BCUT2D eigenvalue weighted by molar-refractivity contribution is -0.116. The molecule has 0 spiro atoms. The number of benzene rings is 3. The molecule has 3 aromatic carbocycles. The number of carbonyl (C=O) groups is 1. The van der Waals surface area contributed by atoms with Crippen LogP contribution >= 0.6 is 11.3 Å². The third kappa shape index (κ3) is 3.55. The van der Waals surface area contributed by atoms with Gasteiger partial charge in [0.2, 0.25) is 5.91 Å². The molecule has 4 nitrogen and oxygen atoms in total. The van der Waals surface area contributed by atoms with Crippen LogP contribution in [0.2, 0.25) is 0 Å². The Labute approximate surface area is 161 Å². The van der Waals surface area contributed by atoms with Gasteiger partial charge in [-0.05, 0) is 23.3 Å². The molecule has 1 N–H and O–H groups in total. The summed E-state index contributed by atoms with van der Waals surface area (Å²) >= 11 is 1.44. The van der Waals surface area contributed by atoms with Crippen molar-refractivity contribution in [1.29, 1.82) is 0 Å². The fraction of sp³-hybridized carbons (Fsp3) is 0.0909. The highest BCUT2D eigenvalue weighted by Gasteiger charge is 2.23. The number of rotatable bonds is 5. The minimum atomic E-state index is -0.402. The first kappa shape index (κ1) is 17.2. The average Bonchev–Trinajstić information content (AvgIpc) is 3.12. The van der Waals surface area contributed by atoms with E-state index < -0.39 is 5.92 Å². The van der Waals surface area contributed by atoms with E-state index >= 15 is 0 Å². The molecule has 0 atom stereocenters. The monoisotopic (exact) mass is 374 g/mol. The number of nitrogens with zero attached hydrogens (tertiary/aromatic N) is 1. The van der Waals surface area contributed by atoms with E-state index in [9.17, 15) is 4.79 Å². The lowest BCUT2D eigenvalue weighted by atomic mass is 9.90. The number of ether oxygens (including phenoxy) is 1.